The van der Waals surface area contributed by atoms with E-state index in [-0.39, 0.29) is 14.9 Å². The largest absolute Gasteiger partial charge is 0.224 e. The number of alkyl halides is 1. The predicted octanol–water partition coefficient (Wildman–Crippen LogP) is 4.62. The zero-order valence-corrected chi connectivity index (χ0v) is 14.8. The molecule has 0 N–H and O–H groups in total. The van der Waals surface area contributed by atoms with Crippen LogP contribution in [-0.4, -0.2) is 14.7 Å². The maximum absolute atomic E-state index is 13.9. The van der Waals surface area contributed by atoms with E-state index >= 15 is 0 Å². The molecule has 0 spiro atoms. The van der Waals surface area contributed by atoms with Gasteiger partial charge < -0.3 is 0 Å². The average Bonchev–Trinajstić information content (AvgIpc) is 2.41. The third-order valence-electron chi connectivity index (χ3n) is 2.91. The highest BCUT2D eigenvalue weighted by atomic mass is 79.9. The SMILES string of the molecule is CS(=O)(=O)c1ccc(C(Br)c2cc(F)c(Br)cc2F)cc1. The molecule has 21 heavy (non-hydrogen) atoms. The highest BCUT2D eigenvalue weighted by Crippen LogP contribution is 2.34. The van der Waals surface area contributed by atoms with Crippen LogP contribution < -0.4 is 0 Å². The molecule has 2 nitrogen and oxygen atoms in total. The minimum absolute atomic E-state index is 0.0517. The van der Waals surface area contributed by atoms with Crippen molar-refractivity contribution in [2.45, 2.75) is 9.72 Å². The number of benzene rings is 2. The van der Waals surface area contributed by atoms with Crippen LogP contribution in [0.15, 0.2) is 45.8 Å². The molecule has 0 saturated heterocycles. The second-order valence-electron chi connectivity index (χ2n) is 4.49. The molecular formula is C14H10Br2F2O2S. The van der Waals surface area contributed by atoms with Gasteiger partial charge in [0, 0.05) is 11.8 Å². The Labute approximate surface area is 138 Å². The first-order valence-corrected chi connectivity index (χ1v) is 9.38. The van der Waals surface area contributed by atoms with E-state index in [0.29, 0.717) is 5.56 Å². The van der Waals surface area contributed by atoms with Crippen LogP contribution in [-0.2, 0) is 9.84 Å². The van der Waals surface area contributed by atoms with Crippen molar-refractivity contribution >= 4 is 41.7 Å². The van der Waals surface area contributed by atoms with Gasteiger partial charge in [-0.05, 0) is 45.8 Å². The van der Waals surface area contributed by atoms with Gasteiger partial charge >= 0.3 is 0 Å². The normalized spacial score (nSPS) is 13.2. The Bertz CT molecular complexity index is 774. The molecule has 2 rings (SSSR count). The smallest absolute Gasteiger partial charge is 0.175 e. The molecule has 0 fully saturated rings. The van der Waals surface area contributed by atoms with Gasteiger partial charge in [0.1, 0.15) is 11.6 Å². The standard InChI is InChI=1S/C14H10Br2F2O2S/c1-21(19,20)9-4-2-8(3-5-9)14(16)10-6-13(18)11(15)7-12(10)17/h2-7,14H,1H3. The Kier molecular flexibility index (Phi) is 4.85. The lowest BCUT2D eigenvalue weighted by atomic mass is 10.0. The Morgan fingerprint density at radius 3 is 2.14 bits per heavy atom. The summed E-state index contributed by atoms with van der Waals surface area (Å²) in [4.78, 5) is -0.401. The minimum atomic E-state index is -3.29. The molecule has 2 aromatic carbocycles. The van der Waals surface area contributed by atoms with Gasteiger partial charge in [0.2, 0.25) is 0 Å². The summed E-state index contributed by atoms with van der Waals surface area (Å²) in [6, 6.07) is 8.16. The molecule has 0 aromatic heterocycles. The van der Waals surface area contributed by atoms with Gasteiger partial charge in [0.05, 0.1) is 14.2 Å². The van der Waals surface area contributed by atoms with E-state index in [2.05, 4.69) is 31.9 Å². The van der Waals surface area contributed by atoms with Crippen molar-refractivity contribution in [2.75, 3.05) is 6.26 Å². The van der Waals surface area contributed by atoms with Gasteiger partial charge in [-0.2, -0.15) is 0 Å². The fraction of sp³-hybridized carbons (Fsp3) is 0.143. The molecule has 1 atom stereocenters. The molecule has 0 heterocycles. The summed E-state index contributed by atoms with van der Waals surface area (Å²) in [5.41, 5.74) is 0.769. The summed E-state index contributed by atoms with van der Waals surface area (Å²) in [5, 5.41) is 0. The van der Waals surface area contributed by atoms with Crippen LogP contribution in [0.3, 0.4) is 0 Å². The molecular weight excluding hydrogens is 430 g/mol. The molecule has 7 heteroatoms. The van der Waals surface area contributed by atoms with Crippen molar-refractivity contribution in [3.05, 3.63) is 63.6 Å². The van der Waals surface area contributed by atoms with Crippen molar-refractivity contribution in [3.8, 4) is 0 Å². The van der Waals surface area contributed by atoms with Crippen molar-refractivity contribution in [3.63, 3.8) is 0 Å². The second-order valence-corrected chi connectivity index (χ2v) is 8.28. The molecule has 2 aromatic rings. The monoisotopic (exact) mass is 438 g/mol. The first-order chi connectivity index (χ1) is 9.70. The molecule has 0 radical (unpaired) electrons. The molecule has 1 unspecified atom stereocenters. The van der Waals surface area contributed by atoms with E-state index in [0.717, 1.165) is 18.4 Å². The molecule has 0 saturated carbocycles. The number of halogens is 4. The maximum Gasteiger partial charge on any atom is 0.175 e. The van der Waals surface area contributed by atoms with Gasteiger partial charge in [-0.25, -0.2) is 17.2 Å². The average molecular weight is 440 g/mol. The summed E-state index contributed by atoms with van der Waals surface area (Å²) in [5.74, 6) is -1.12. The number of hydrogen-bond acceptors (Lipinski definition) is 2. The van der Waals surface area contributed by atoms with Crippen molar-refractivity contribution < 1.29 is 17.2 Å². The Morgan fingerprint density at radius 1 is 1.05 bits per heavy atom. The topological polar surface area (TPSA) is 34.1 Å². The molecule has 0 amide bonds. The van der Waals surface area contributed by atoms with Crippen molar-refractivity contribution in [2.24, 2.45) is 0 Å². The number of sulfone groups is 1. The van der Waals surface area contributed by atoms with Crippen LogP contribution in [0.4, 0.5) is 8.78 Å². The lowest BCUT2D eigenvalue weighted by Gasteiger charge is -2.13. The maximum atomic E-state index is 13.9. The Balaban J connectivity index is 2.41. The highest BCUT2D eigenvalue weighted by molar-refractivity contribution is 9.10. The summed E-state index contributed by atoms with van der Waals surface area (Å²) < 4.78 is 50.3. The van der Waals surface area contributed by atoms with E-state index in [1.807, 2.05) is 0 Å². The molecule has 0 aliphatic carbocycles. The van der Waals surface area contributed by atoms with Crippen LogP contribution in [0.1, 0.15) is 16.0 Å². The van der Waals surface area contributed by atoms with E-state index in [9.17, 15) is 17.2 Å². The summed E-state index contributed by atoms with van der Waals surface area (Å²) in [6.07, 6.45) is 1.11. The van der Waals surface area contributed by atoms with E-state index in [1.165, 1.54) is 12.1 Å². The van der Waals surface area contributed by atoms with Gasteiger partial charge in [-0.3, -0.25) is 0 Å². The Hall–Kier alpha value is -0.790. The predicted molar refractivity (Wildman–Crippen MR) is 84.4 cm³/mol. The van der Waals surface area contributed by atoms with Gasteiger partial charge in [-0.15, -0.1) is 0 Å². The summed E-state index contributed by atoms with van der Waals surface area (Å²) in [7, 11) is -3.29. The number of rotatable bonds is 3. The minimum Gasteiger partial charge on any atom is -0.224 e. The molecule has 0 aliphatic heterocycles. The number of hydrogen-bond donors (Lipinski definition) is 0. The summed E-state index contributed by atoms with van der Waals surface area (Å²) >= 11 is 6.23. The van der Waals surface area contributed by atoms with Crippen LogP contribution >= 0.6 is 31.9 Å². The lowest BCUT2D eigenvalue weighted by Crippen LogP contribution is -2.00. The zero-order chi connectivity index (χ0) is 15.8. The quantitative estimate of drug-likeness (QED) is 0.516. The van der Waals surface area contributed by atoms with Gasteiger partial charge in [0.25, 0.3) is 0 Å². The fourth-order valence-electron chi connectivity index (χ4n) is 1.80. The van der Waals surface area contributed by atoms with Crippen LogP contribution in [0.25, 0.3) is 0 Å². The van der Waals surface area contributed by atoms with Crippen LogP contribution in [0.2, 0.25) is 0 Å². The summed E-state index contributed by atoms with van der Waals surface area (Å²) in [6.45, 7) is 0. The van der Waals surface area contributed by atoms with Crippen molar-refractivity contribution in [1.29, 1.82) is 0 Å². The highest BCUT2D eigenvalue weighted by Gasteiger charge is 2.18. The lowest BCUT2D eigenvalue weighted by molar-refractivity contribution is 0.583. The molecule has 112 valence electrons. The van der Waals surface area contributed by atoms with E-state index in [4.69, 9.17) is 0 Å². The second kappa shape index (κ2) is 6.14. The zero-order valence-electron chi connectivity index (χ0n) is 10.8. The van der Waals surface area contributed by atoms with Gasteiger partial charge in [-0.1, -0.05) is 28.1 Å². The third-order valence-corrected chi connectivity index (χ3v) is 5.67. The fourth-order valence-corrected chi connectivity index (χ4v) is 3.40. The van der Waals surface area contributed by atoms with Crippen LogP contribution in [0.5, 0.6) is 0 Å². The van der Waals surface area contributed by atoms with Gasteiger partial charge in [0.15, 0.2) is 9.84 Å². The van der Waals surface area contributed by atoms with Crippen LogP contribution in [0, 0.1) is 11.6 Å². The van der Waals surface area contributed by atoms with E-state index in [1.54, 1.807) is 12.1 Å². The van der Waals surface area contributed by atoms with E-state index < -0.39 is 26.3 Å². The third kappa shape index (κ3) is 3.70. The molecule has 0 aliphatic rings. The first-order valence-electron chi connectivity index (χ1n) is 5.78. The Morgan fingerprint density at radius 2 is 1.62 bits per heavy atom. The first kappa shape index (κ1) is 16.6. The molecule has 0 bridgehead atoms. The van der Waals surface area contributed by atoms with Crippen molar-refractivity contribution in [1.82, 2.24) is 0 Å².